The predicted molar refractivity (Wildman–Crippen MR) is 51.4 cm³/mol. The van der Waals surface area contributed by atoms with Crippen LogP contribution in [0.4, 0.5) is 0 Å². The second kappa shape index (κ2) is 7.55. The average Bonchev–Trinajstić information content (AvgIpc) is 2.05. The van der Waals surface area contributed by atoms with Crippen LogP contribution < -0.4 is 5.73 Å². The van der Waals surface area contributed by atoms with Crippen LogP contribution in [0.5, 0.6) is 0 Å². The van der Waals surface area contributed by atoms with Crippen LogP contribution in [0.25, 0.3) is 0 Å². The average molecular weight is 153 g/mol. The Morgan fingerprint density at radius 3 is 2.73 bits per heavy atom. The maximum atomic E-state index is 5.42. The number of nitrogens with two attached hydrogens (primary N) is 1. The van der Waals surface area contributed by atoms with Crippen LogP contribution in [-0.2, 0) is 0 Å². The van der Waals surface area contributed by atoms with E-state index in [4.69, 9.17) is 5.73 Å². The highest BCUT2D eigenvalue weighted by molar-refractivity contribution is 4.99. The fourth-order valence-corrected chi connectivity index (χ4v) is 1.05. The lowest BCUT2D eigenvalue weighted by molar-refractivity contribution is 0.550. The highest BCUT2D eigenvalue weighted by Crippen LogP contribution is 2.11. The standard InChI is InChI=1S/C10H19N/c1-3-5-7-10(4-2)8-6-9-11/h3,5,7,10H,1,4,6,8-9,11H2,2H3/b7-5+. The van der Waals surface area contributed by atoms with Crippen molar-refractivity contribution < 1.29 is 0 Å². The molecule has 0 aromatic carbocycles. The van der Waals surface area contributed by atoms with Gasteiger partial charge in [0.1, 0.15) is 0 Å². The quantitative estimate of drug-likeness (QED) is 0.583. The van der Waals surface area contributed by atoms with Crippen LogP contribution in [0, 0.1) is 5.92 Å². The first-order chi connectivity index (χ1) is 5.35. The van der Waals surface area contributed by atoms with Gasteiger partial charge < -0.3 is 5.73 Å². The van der Waals surface area contributed by atoms with Crippen molar-refractivity contribution in [2.24, 2.45) is 11.7 Å². The Labute approximate surface area is 70.0 Å². The molecule has 0 heterocycles. The summed E-state index contributed by atoms with van der Waals surface area (Å²) in [6.45, 7) is 6.64. The van der Waals surface area contributed by atoms with Crippen molar-refractivity contribution in [3.05, 3.63) is 24.8 Å². The van der Waals surface area contributed by atoms with Crippen molar-refractivity contribution >= 4 is 0 Å². The maximum absolute atomic E-state index is 5.42. The van der Waals surface area contributed by atoms with E-state index in [1.807, 2.05) is 12.2 Å². The summed E-state index contributed by atoms with van der Waals surface area (Å²) in [6, 6.07) is 0. The van der Waals surface area contributed by atoms with Crippen molar-refractivity contribution in [3.8, 4) is 0 Å². The van der Waals surface area contributed by atoms with E-state index >= 15 is 0 Å². The molecule has 2 N–H and O–H groups in total. The SMILES string of the molecule is C=C/C=C/C(CC)CCCN. The fraction of sp³-hybridized carbons (Fsp3) is 0.600. The van der Waals surface area contributed by atoms with Gasteiger partial charge in [0.05, 0.1) is 0 Å². The summed E-state index contributed by atoms with van der Waals surface area (Å²) in [7, 11) is 0. The number of rotatable bonds is 6. The van der Waals surface area contributed by atoms with E-state index in [1.165, 1.54) is 12.8 Å². The molecule has 0 bridgehead atoms. The molecule has 0 saturated carbocycles. The van der Waals surface area contributed by atoms with E-state index in [1.54, 1.807) is 0 Å². The van der Waals surface area contributed by atoms with Gasteiger partial charge in [-0.25, -0.2) is 0 Å². The number of allylic oxidation sites excluding steroid dienone is 3. The molecule has 11 heavy (non-hydrogen) atoms. The molecular formula is C10H19N. The molecule has 1 nitrogen and oxygen atoms in total. The molecule has 1 atom stereocenters. The molecule has 0 fully saturated rings. The van der Waals surface area contributed by atoms with Gasteiger partial charge in [-0.05, 0) is 31.7 Å². The molecule has 0 aliphatic carbocycles. The highest BCUT2D eigenvalue weighted by atomic mass is 14.5. The Kier molecular flexibility index (Phi) is 7.16. The van der Waals surface area contributed by atoms with Gasteiger partial charge in [-0.2, -0.15) is 0 Å². The van der Waals surface area contributed by atoms with Gasteiger partial charge in [0.25, 0.3) is 0 Å². The minimum Gasteiger partial charge on any atom is -0.330 e. The first-order valence-electron chi connectivity index (χ1n) is 4.34. The van der Waals surface area contributed by atoms with Gasteiger partial charge >= 0.3 is 0 Å². The molecule has 0 aromatic rings. The Morgan fingerprint density at radius 2 is 2.27 bits per heavy atom. The van der Waals surface area contributed by atoms with E-state index < -0.39 is 0 Å². The molecule has 0 amide bonds. The van der Waals surface area contributed by atoms with Gasteiger partial charge in [0, 0.05) is 0 Å². The van der Waals surface area contributed by atoms with Crippen molar-refractivity contribution in [1.82, 2.24) is 0 Å². The molecule has 0 radical (unpaired) electrons. The molecule has 0 aliphatic rings. The molecule has 64 valence electrons. The first kappa shape index (κ1) is 10.4. The van der Waals surface area contributed by atoms with E-state index in [-0.39, 0.29) is 0 Å². The van der Waals surface area contributed by atoms with Crippen LogP contribution in [0.3, 0.4) is 0 Å². The van der Waals surface area contributed by atoms with Crippen LogP contribution in [0.1, 0.15) is 26.2 Å². The Bertz CT molecular complexity index is 116. The Morgan fingerprint density at radius 1 is 1.55 bits per heavy atom. The number of hydrogen-bond acceptors (Lipinski definition) is 1. The molecule has 0 spiro atoms. The van der Waals surface area contributed by atoms with Crippen LogP contribution in [0.15, 0.2) is 24.8 Å². The lowest BCUT2D eigenvalue weighted by atomic mass is 10.00. The van der Waals surface area contributed by atoms with Gasteiger partial charge in [-0.3, -0.25) is 0 Å². The summed E-state index contributed by atoms with van der Waals surface area (Å²) in [4.78, 5) is 0. The summed E-state index contributed by atoms with van der Waals surface area (Å²) < 4.78 is 0. The minimum absolute atomic E-state index is 0.691. The molecular weight excluding hydrogens is 134 g/mol. The van der Waals surface area contributed by atoms with E-state index in [0.717, 1.165) is 13.0 Å². The summed E-state index contributed by atoms with van der Waals surface area (Å²) in [5, 5.41) is 0. The largest absolute Gasteiger partial charge is 0.330 e. The second-order valence-electron chi connectivity index (χ2n) is 2.72. The lowest BCUT2D eigenvalue weighted by Crippen LogP contribution is -2.02. The Hall–Kier alpha value is -0.560. The van der Waals surface area contributed by atoms with Crippen LogP contribution >= 0.6 is 0 Å². The van der Waals surface area contributed by atoms with Crippen LogP contribution in [-0.4, -0.2) is 6.54 Å². The summed E-state index contributed by atoms with van der Waals surface area (Å²) in [6.07, 6.45) is 9.58. The normalized spacial score (nSPS) is 13.6. The van der Waals surface area contributed by atoms with Crippen LogP contribution in [0.2, 0.25) is 0 Å². The zero-order valence-electron chi connectivity index (χ0n) is 7.42. The van der Waals surface area contributed by atoms with Crippen molar-refractivity contribution in [2.45, 2.75) is 26.2 Å². The number of hydrogen-bond donors (Lipinski definition) is 1. The molecule has 0 aliphatic heterocycles. The van der Waals surface area contributed by atoms with Gasteiger partial charge in [-0.15, -0.1) is 0 Å². The van der Waals surface area contributed by atoms with Crippen molar-refractivity contribution in [3.63, 3.8) is 0 Å². The van der Waals surface area contributed by atoms with Crippen molar-refractivity contribution in [2.75, 3.05) is 6.54 Å². The highest BCUT2D eigenvalue weighted by Gasteiger charge is 1.98. The molecule has 1 unspecified atom stereocenters. The van der Waals surface area contributed by atoms with E-state index in [2.05, 4.69) is 19.6 Å². The van der Waals surface area contributed by atoms with Gasteiger partial charge in [0.2, 0.25) is 0 Å². The summed E-state index contributed by atoms with van der Waals surface area (Å²) >= 11 is 0. The summed E-state index contributed by atoms with van der Waals surface area (Å²) in [5.41, 5.74) is 5.42. The van der Waals surface area contributed by atoms with Gasteiger partial charge in [0.15, 0.2) is 0 Å². The topological polar surface area (TPSA) is 26.0 Å². The Balaban J connectivity index is 3.56. The van der Waals surface area contributed by atoms with Crippen molar-refractivity contribution in [1.29, 1.82) is 0 Å². The van der Waals surface area contributed by atoms with E-state index in [0.29, 0.717) is 5.92 Å². The smallest absolute Gasteiger partial charge is 0.00771 e. The molecule has 1 heteroatoms. The third-order valence-corrected chi connectivity index (χ3v) is 1.82. The lowest BCUT2D eigenvalue weighted by Gasteiger charge is -2.07. The third kappa shape index (κ3) is 5.86. The second-order valence-corrected chi connectivity index (χ2v) is 2.72. The third-order valence-electron chi connectivity index (χ3n) is 1.82. The maximum Gasteiger partial charge on any atom is -0.00771 e. The molecule has 0 rings (SSSR count). The zero-order valence-corrected chi connectivity index (χ0v) is 7.42. The monoisotopic (exact) mass is 153 g/mol. The summed E-state index contributed by atoms with van der Waals surface area (Å²) in [5.74, 6) is 0.691. The van der Waals surface area contributed by atoms with Gasteiger partial charge in [-0.1, -0.05) is 31.7 Å². The molecule has 0 saturated heterocycles. The first-order valence-corrected chi connectivity index (χ1v) is 4.34. The zero-order chi connectivity index (χ0) is 8.53. The molecule has 0 aromatic heterocycles. The minimum atomic E-state index is 0.691. The van der Waals surface area contributed by atoms with E-state index in [9.17, 15) is 0 Å². The fourth-order valence-electron chi connectivity index (χ4n) is 1.05. The predicted octanol–water partition coefficient (Wildman–Crippen LogP) is 2.49.